The fourth-order valence-corrected chi connectivity index (χ4v) is 6.14. The molecule has 0 amide bonds. The minimum Gasteiger partial charge on any atom is -0.309 e. The van der Waals surface area contributed by atoms with E-state index < -0.39 is 8.07 Å². The molecule has 1 nitrogen and oxygen atoms in total. The summed E-state index contributed by atoms with van der Waals surface area (Å²) < 4.78 is 0. The van der Waals surface area contributed by atoms with Crippen molar-refractivity contribution >= 4 is 8.07 Å². The van der Waals surface area contributed by atoms with Gasteiger partial charge in [-0.2, -0.15) is 0 Å². The molecule has 1 saturated heterocycles. The van der Waals surface area contributed by atoms with Crippen LogP contribution in [0, 0.1) is 5.92 Å². The van der Waals surface area contributed by atoms with Crippen molar-refractivity contribution in [3.05, 3.63) is 0 Å². The van der Waals surface area contributed by atoms with Crippen molar-refractivity contribution in [3.63, 3.8) is 0 Å². The third-order valence-electron chi connectivity index (χ3n) is 2.22. The van der Waals surface area contributed by atoms with Crippen molar-refractivity contribution in [2.45, 2.75) is 26.1 Å². The molecule has 1 atom stereocenters. The van der Waals surface area contributed by atoms with Crippen molar-refractivity contribution in [1.29, 1.82) is 0 Å². The van der Waals surface area contributed by atoms with Crippen LogP contribution in [0.2, 0.25) is 19.1 Å². The van der Waals surface area contributed by atoms with E-state index in [0.717, 1.165) is 5.92 Å². The van der Waals surface area contributed by atoms with Crippen LogP contribution >= 0.6 is 0 Å². The zero-order valence-electron chi connectivity index (χ0n) is 7.65. The van der Waals surface area contributed by atoms with Gasteiger partial charge in [-0.25, -0.2) is 0 Å². The first-order valence-electron chi connectivity index (χ1n) is 4.18. The molecule has 0 saturated carbocycles. The van der Waals surface area contributed by atoms with Gasteiger partial charge in [0.25, 0.3) is 0 Å². The van der Waals surface area contributed by atoms with Crippen LogP contribution in [-0.4, -0.2) is 32.7 Å². The Bertz CT molecular complexity index is 110. The summed E-state index contributed by atoms with van der Waals surface area (Å²) >= 11 is 0. The van der Waals surface area contributed by atoms with E-state index in [2.05, 4.69) is 32.0 Å². The van der Waals surface area contributed by atoms with Crippen LogP contribution in [0.4, 0.5) is 0 Å². The summed E-state index contributed by atoms with van der Waals surface area (Å²) in [7, 11) is 1.46. The topological polar surface area (TPSA) is 3.24 Å². The lowest BCUT2D eigenvalue weighted by atomic mass is 10.2. The molecule has 0 aromatic heterocycles. The van der Waals surface area contributed by atoms with E-state index >= 15 is 0 Å². The molecule has 0 aliphatic carbocycles. The molecule has 2 heteroatoms. The SMILES string of the molecule is CC1CN(C)C[Si](C)(C)C1. The molecule has 0 aromatic rings. The maximum Gasteiger partial charge on any atom is 0.0632 e. The van der Waals surface area contributed by atoms with Gasteiger partial charge >= 0.3 is 0 Å². The van der Waals surface area contributed by atoms with E-state index in [4.69, 9.17) is 0 Å². The fourth-order valence-electron chi connectivity index (χ4n) is 2.40. The molecule has 1 fully saturated rings. The second-order valence-corrected chi connectivity index (χ2v) is 9.72. The van der Waals surface area contributed by atoms with E-state index in [-0.39, 0.29) is 0 Å². The summed E-state index contributed by atoms with van der Waals surface area (Å²) in [6, 6.07) is 1.53. The second-order valence-electron chi connectivity index (χ2n) is 4.67. The first-order chi connectivity index (χ1) is 4.49. The summed E-state index contributed by atoms with van der Waals surface area (Å²) in [6.07, 6.45) is 1.40. The van der Waals surface area contributed by atoms with Crippen molar-refractivity contribution in [2.24, 2.45) is 5.92 Å². The van der Waals surface area contributed by atoms with Crippen LogP contribution in [0.25, 0.3) is 0 Å². The predicted octanol–water partition coefficient (Wildman–Crippen LogP) is 1.82. The van der Waals surface area contributed by atoms with Crippen LogP contribution in [-0.2, 0) is 0 Å². The number of rotatable bonds is 0. The molecule has 1 unspecified atom stereocenters. The predicted molar refractivity (Wildman–Crippen MR) is 49.0 cm³/mol. The molecule has 0 radical (unpaired) electrons. The van der Waals surface area contributed by atoms with E-state index in [0.29, 0.717) is 0 Å². The van der Waals surface area contributed by atoms with Crippen molar-refractivity contribution in [2.75, 3.05) is 19.8 Å². The van der Waals surface area contributed by atoms with Gasteiger partial charge in [-0.05, 0) is 25.7 Å². The number of hydrogen-bond acceptors (Lipinski definition) is 1. The van der Waals surface area contributed by atoms with E-state index in [9.17, 15) is 0 Å². The summed E-state index contributed by atoms with van der Waals surface area (Å²) in [5.41, 5.74) is 0. The van der Waals surface area contributed by atoms with Crippen molar-refractivity contribution < 1.29 is 0 Å². The number of nitrogens with zero attached hydrogens (tertiary/aromatic N) is 1. The molecule has 0 spiro atoms. The minimum atomic E-state index is -0.791. The molecule has 0 bridgehead atoms. The molecule has 10 heavy (non-hydrogen) atoms. The highest BCUT2D eigenvalue weighted by Crippen LogP contribution is 2.23. The Morgan fingerprint density at radius 3 is 2.40 bits per heavy atom. The van der Waals surface area contributed by atoms with Gasteiger partial charge in [0.1, 0.15) is 0 Å². The zero-order chi connectivity index (χ0) is 7.78. The van der Waals surface area contributed by atoms with Crippen LogP contribution < -0.4 is 0 Å². The third-order valence-corrected chi connectivity index (χ3v) is 5.42. The Kier molecular flexibility index (Phi) is 2.20. The highest BCUT2D eigenvalue weighted by Gasteiger charge is 2.30. The van der Waals surface area contributed by atoms with Gasteiger partial charge in [0.05, 0.1) is 8.07 Å². The summed E-state index contributed by atoms with van der Waals surface area (Å²) in [5.74, 6) is 0.945. The number of hydrogen-bond donors (Lipinski definition) is 0. The Morgan fingerprint density at radius 2 is 2.00 bits per heavy atom. The second kappa shape index (κ2) is 2.66. The third kappa shape index (κ3) is 2.10. The highest BCUT2D eigenvalue weighted by atomic mass is 28.3. The van der Waals surface area contributed by atoms with E-state index in [1.807, 2.05) is 0 Å². The quantitative estimate of drug-likeness (QED) is 0.485. The van der Waals surface area contributed by atoms with Gasteiger partial charge in [0.2, 0.25) is 0 Å². The molecular formula is C8H19NSi. The molecular weight excluding hydrogens is 138 g/mol. The molecule has 0 N–H and O–H groups in total. The van der Waals surface area contributed by atoms with Gasteiger partial charge < -0.3 is 4.90 Å². The normalized spacial score (nSPS) is 34.2. The van der Waals surface area contributed by atoms with Crippen molar-refractivity contribution in [1.82, 2.24) is 4.90 Å². The van der Waals surface area contributed by atoms with Crippen LogP contribution in [0.1, 0.15) is 6.92 Å². The van der Waals surface area contributed by atoms with Crippen molar-refractivity contribution in [3.8, 4) is 0 Å². The minimum absolute atomic E-state index is 0.791. The monoisotopic (exact) mass is 157 g/mol. The average molecular weight is 157 g/mol. The zero-order valence-corrected chi connectivity index (χ0v) is 8.65. The standard InChI is InChI=1S/C8H19NSi/c1-8-5-9(2)7-10(3,4)6-8/h8H,5-7H2,1-4H3. The maximum absolute atomic E-state index is 2.50. The summed E-state index contributed by atoms with van der Waals surface area (Å²) in [6.45, 7) is 8.69. The van der Waals surface area contributed by atoms with Gasteiger partial charge in [0, 0.05) is 0 Å². The van der Waals surface area contributed by atoms with Gasteiger partial charge in [-0.1, -0.05) is 26.1 Å². The fraction of sp³-hybridized carbons (Fsp3) is 1.00. The largest absolute Gasteiger partial charge is 0.309 e. The molecule has 1 aliphatic rings. The molecule has 1 aliphatic heterocycles. The lowest BCUT2D eigenvalue weighted by Crippen LogP contribution is -2.48. The Morgan fingerprint density at radius 1 is 1.40 bits per heavy atom. The lowest BCUT2D eigenvalue weighted by molar-refractivity contribution is 0.309. The average Bonchev–Trinajstić information content (AvgIpc) is 1.54. The highest BCUT2D eigenvalue weighted by molar-refractivity contribution is 6.77. The molecule has 1 heterocycles. The van der Waals surface area contributed by atoms with E-state index in [1.54, 1.807) is 0 Å². The smallest absolute Gasteiger partial charge is 0.0632 e. The maximum atomic E-state index is 2.50. The Hall–Kier alpha value is 0.177. The molecule has 1 rings (SSSR count). The Balaban J connectivity index is 2.51. The molecule has 0 aromatic carbocycles. The van der Waals surface area contributed by atoms with Gasteiger partial charge in [0.15, 0.2) is 0 Å². The lowest BCUT2D eigenvalue weighted by Gasteiger charge is -2.38. The van der Waals surface area contributed by atoms with Crippen LogP contribution in [0.5, 0.6) is 0 Å². The van der Waals surface area contributed by atoms with E-state index in [1.165, 1.54) is 18.8 Å². The first kappa shape index (κ1) is 8.28. The van der Waals surface area contributed by atoms with Crippen LogP contribution in [0.3, 0.4) is 0 Å². The van der Waals surface area contributed by atoms with Gasteiger partial charge in [-0.3, -0.25) is 0 Å². The summed E-state index contributed by atoms with van der Waals surface area (Å²) in [4.78, 5) is 2.50. The molecule has 60 valence electrons. The summed E-state index contributed by atoms with van der Waals surface area (Å²) in [5, 5.41) is 0. The first-order valence-corrected chi connectivity index (χ1v) is 7.59. The van der Waals surface area contributed by atoms with Gasteiger partial charge in [-0.15, -0.1) is 0 Å². The van der Waals surface area contributed by atoms with Crippen LogP contribution in [0.15, 0.2) is 0 Å². The Labute approximate surface area is 65.4 Å².